The van der Waals surface area contributed by atoms with Gasteiger partial charge in [-0.25, -0.2) is 0 Å². The molecule has 1 aliphatic rings. The lowest BCUT2D eigenvalue weighted by molar-refractivity contribution is -0.254. The summed E-state index contributed by atoms with van der Waals surface area (Å²) in [4.78, 5) is 37.0. The number of fused-ring (bicyclic) bond motifs is 2. The van der Waals surface area contributed by atoms with E-state index in [1.165, 1.54) is 15.9 Å². The van der Waals surface area contributed by atoms with E-state index in [2.05, 4.69) is 5.32 Å². The molecule has 1 amide bonds. The minimum absolute atomic E-state index is 0.0978. The van der Waals surface area contributed by atoms with Crippen molar-refractivity contribution in [1.82, 2.24) is 4.57 Å². The lowest BCUT2D eigenvalue weighted by atomic mass is 9.95. The zero-order valence-electron chi connectivity index (χ0n) is 13.7. The third-order valence-electron chi connectivity index (χ3n) is 4.50. The Bertz CT molecular complexity index is 1080. The highest BCUT2D eigenvalue weighted by molar-refractivity contribution is 7.17. The number of rotatable bonds is 4. The van der Waals surface area contributed by atoms with Crippen molar-refractivity contribution in [1.29, 1.82) is 0 Å². The average Bonchev–Trinajstić information content (AvgIpc) is 3.12. The SMILES string of the molecule is O=C(Cn1c(=O)sc2ccccc21)Nc1sc2c(c1C(=O)[O-])CCCC2. The number of benzene rings is 1. The van der Waals surface area contributed by atoms with Crippen LogP contribution in [0, 0.1) is 0 Å². The van der Waals surface area contributed by atoms with Gasteiger partial charge >= 0.3 is 4.87 Å². The zero-order valence-corrected chi connectivity index (χ0v) is 15.4. The molecule has 134 valence electrons. The number of nitrogens with zero attached hydrogens (tertiary/aromatic N) is 1. The molecule has 6 nitrogen and oxygen atoms in total. The quantitative estimate of drug-likeness (QED) is 0.741. The molecule has 8 heteroatoms. The highest BCUT2D eigenvalue weighted by atomic mass is 32.1. The number of aromatic carboxylic acids is 1. The molecule has 1 aliphatic carbocycles. The van der Waals surface area contributed by atoms with Gasteiger partial charge in [0, 0.05) is 10.4 Å². The van der Waals surface area contributed by atoms with Crippen molar-refractivity contribution in [2.45, 2.75) is 32.2 Å². The van der Waals surface area contributed by atoms with Crippen molar-refractivity contribution in [3.63, 3.8) is 0 Å². The molecule has 0 saturated carbocycles. The fourth-order valence-electron chi connectivity index (χ4n) is 3.34. The van der Waals surface area contributed by atoms with E-state index >= 15 is 0 Å². The average molecular weight is 387 g/mol. The molecule has 0 aliphatic heterocycles. The third-order valence-corrected chi connectivity index (χ3v) is 6.67. The standard InChI is InChI=1S/C18H16N2O4S2/c21-14(9-20-11-6-2-4-8-13(11)26-18(20)24)19-16-15(17(22)23)10-5-1-3-7-12(10)25-16/h2,4,6,8H,1,3,5,7,9H2,(H,19,21)(H,22,23)/p-1. The van der Waals surface area contributed by atoms with Gasteiger partial charge in [-0.15, -0.1) is 11.3 Å². The molecule has 1 N–H and O–H groups in total. The fraction of sp³-hybridized carbons (Fsp3) is 0.278. The molecule has 0 saturated heterocycles. The molecule has 0 fully saturated rings. The van der Waals surface area contributed by atoms with Crippen LogP contribution in [0.4, 0.5) is 5.00 Å². The summed E-state index contributed by atoms with van der Waals surface area (Å²) in [6, 6.07) is 7.27. The van der Waals surface area contributed by atoms with Crippen LogP contribution in [0.5, 0.6) is 0 Å². The van der Waals surface area contributed by atoms with Gasteiger partial charge in [0.1, 0.15) is 11.5 Å². The van der Waals surface area contributed by atoms with Crippen molar-refractivity contribution in [2.75, 3.05) is 5.32 Å². The lowest BCUT2D eigenvalue weighted by Crippen LogP contribution is -2.27. The number of anilines is 1. The molecule has 0 radical (unpaired) electrons. The Kier molecular flexibility index (Phi) is 4.37. The first-order valence-corrected chi connectivity index (χ1v) is 9.92. The highest BCUT2D eigenvalue weighted by Crippen LogP contribution is 2.37. The summed E-state index contributed by atoms with van der Waals surface area (Å²) in [5.41, 5.74) is 1.58. The fourth-order valence-corrected chi connectivity index (χ4v) is 5.53. The van der Waals surface area contributed by atoms with E-state index in [1.54, 1.807) is 6.07 Å². The maximum absolute atomic E-state index is 12.5. The summed E-state index contributed by atoms with van der Waals surface area (Å²) in [5, 5.41) is 14.6. The van der Waals surface area contributed by atoms with Crippen LogP contribution >= 0.6 is 22.7 Å². The predicted octanol–water partition coefficient (Wildman–Crippen LogP) is 2.01. The molecular weight excluding hydrogens is 372 g/mol. The van der Waals surface area contributed by atoms with E-state index in [-0.39, 0.29) is 17.0 Å². The summed E-state index contributed by atoms with van der Waals surface area (Å²) >= 11 is 2.38. The molecule has 26 heavy (non-hydrogen) atoms. The van der Waals surface area contributed by atoms with E-state index in [0.29, 0.717) is 16.9 Å². The molecule has 2 aromatic heterocycles. The number of thiazole rings is 1. The van der Waals surface area contributed by atoms with Crippen LogP contribution in [-0.2, 0) is 24.2 Å². The van der Waals surface area contributed by atoms with Crippen molar-refractivity contribution >= 4 is 49.8 Å². The largest absolute Gasteiger partial charge is 0.545 e. The zero-order chi connectivity index (χ0) is 18.3. The number of amides is 1. The number of hydrogen-bond acceptors (Lipinski definition) is 6. The first-order valence-electron chi connectivity index (χ1n) is 8.28. The van der Waals surface area contributed by atoms with Gasteiger partial charge in [0.05, 0.1) is 16.2 Å². The maximum atomic E-state index is 12.5. The molecule has 2 heterocycles. The summed E-state index contributed by atoms with van der Waals surface area (Å²) in [7, 11) is 0. The van der Waals surface area contributed by atoms with Crippen LogP contribution in [-0.4, -0.2) is 16.4 Å². The number of carbonyl (C=O) groups is 2. The van der Waals surface area contributed by atoms with Gasteiger partial charge in [-0.3, -0.25) is 14.2 Å². The Morgan fingerprint density at radius 1 is 1.15 bits per heavy atom. The van der Waals surface area contributed by atoms with E-state index < -0.39 is 11.9 Å². The van der Waals surface area contributed by atoms with E-state index in [9.17, 15) is 19.5 Å². The topological polar surface area (TPSA) is 91.2 Å². The number of carboxylic acids is 1. The summed E-state index contributed by atoms with van der Waals surface area (Å²) in [6.45, 7) is -0.155. The minimum atomic E-state index is -1.27. The second kappa shape index (κ2) is 6.69. The highest BCUT2D eigenvalue weighted by Gasteiger charge is 2.23. The number of aromatic nitrogens is 1. The second-order valence-electron chi connectivity index (χ2n) is 6.17. The Balaban J connectivity index is 1.63. The number of aryl methyl sites for hydroxylation is 1. The second-order valence-corrected chi connectivity index (χ2v) is 8.27. The molecule has 0 unspecified atom stereocenters. The van der Waals surface area contributed by atoms with Crippen molar-refractivity contribution in [2.24, 2.45) is 0 Å². The monoisotopic (exact) mass is 387 g/mol. The molecule has 0 spiro atoms. The first kappa shape index (κ1) is 17.0. The molecule has 1 aromatic carbocycles. The number of hydrogen-bond donors (Lipinski definition) is 1. The van der Waals surface area contributed by atoms with Crippen LogP contribution in [0.3, 0.4) is 0 Å². The Labute approximate surface area is 156 Å². The van der Waals surface area contributed by atoms with Gasteiger partial charge in [0.15, 0.2) is 0 Å². The number of carboxylic acid groups (broad SMARTS) is 1. The maximum Gasteiger partial charge on any atom is 0.308 e. The van der Waals surface area contributed by atoms with Gasteiger partial charge in [-0.1, -0.05) is 23.5 Å². The van der Waals surface area contributed by atoms with E-state index in [4.69, 9.17) is 0 Å². The van der Waals surface area contributed by atoms with Crippen LogP contribution < -0.4 is 15.3 Å². The summed E-state index contributed by atoms with van der Waals surface area (Å²) < 4.78 is 2.22. The number of nitrogens with one attached hydrogen (secondary N) is 1. The third kappa shape index (κ3) is 2.95. The van der Waals surface area contributed by atoms with Crippen molar-refractivity contribution in [3.8, 4) is 0 Å². The normalized spacial score (nSPS) is 13.5. The van der Waals surface area contributed by atoms with Gasteiger partial charge in [0.25, 0.3) is 0 Å². The van der Waals surface area contributed by atoms with Crippen LogP contribution in [0.25, 0.3) is 10.2 Å². The van der Waals surface area contributed by atoms with Crippen LogP contribution in [0.2, 0.25) is 0 Å². The van der Waals surface area contributed by atoms with Crippen molar-refractivity contribution < 1.29 is 14.7 Å². The summed E-state index contributed by atoms with van der Waals surface area (Å²) in [5.74, 6) is -1.69. The Hall–Kier alpha value is -2.45. The first-order chi connectivity index (χ1) is 12.5. The predicted molar refractivity (Wildman–Crippen MR) is 100 cm³/mol. The number of para-hydroxylation sites is 1. The molecule has 0 bridgehead atoms. The minimum Gasteiger partial charge on any atom is -0.545 e. The van der Waals surface area contributed by atoms with E-state index in [1.807, 2.05) is 18.2 Å². The molecular formula is C18H15N2O4S2-. The number of carbonyl (C=O) groups excluding carboxylic acids is 2. The molecule has 0 atom stereocenters. The Morgan fingerprint density at radius 2 is 1.92 bits per heavy atom. The van der Waals surface area contributed by atoms with Gasteiger partial charge in [0.2, 0.25) is 5.91 Å². The lowest BCUT2D eigenvalue weighted by Gasteiger charge is -2.13. The van der Waals surface area contributed by atoms with Gasteiger partial charge < -0.3 is 15.2 Å². The Morgan fingerprint density at radius 3 is 2.73 bits per heavy atom. The number of thiophene rings is 1. The van der Waals surface area contributed by atoms with Crippen LogP contribution in [0.1, 0.15) is 33.6 Å². The van der Waals surface area contributed by atoms with Crippen LogP contribution in [0.15, 0.2) is 29.1 Å². The van der Waals surface area contributed by atoms with E-state index in [0.717, 1.165) is 45.7 Å². The van der Waals surface area contributed by atoms with Gasteiger partial charge in [-0.2, -0.15) is 0 Å². The van der Waals surface area contributed by atoms with Gasteiger partial charge in [-0.05, 0) is 43.4 Å². The molecule has 3 aromatic rings. The summed E-state index contributed by atoms with van der Waals surface area (Å²) in [6.07, 6.45) is 3.47. The van der Waals surface area contributed by atoms with Crippen molar-refractivity contribution in [3.05, 3.63) is 49.9 Å². The molecule has 4 rings (SSSR count). The smallest absolute Gasteiger partial charge is 0.308 e.